The molecular weight excluding hydrogens is 291 g/mol. The Balaban J connectivity index is 1.72. The maximum Gasteiger partial charge on any atom is 0.149 e. The average molecular weight is 314 g/mol. The minimum atomic E-state index is -0.260. The molecule has 2 N–H and O–H groups in total. The van der Waals surface area contributed by atoms with Gasteiger partial charge in [-0.3, -0.25) is 0 Å². The number of nitrogens with one attached hydrogen (secondary N) is 2. The van der Waals surface area contributed by atoms with E-state index < -0.39 is 0 Å². The van der Waals surface area contributed by atoms with E-state index in [1.54, 1.807) is 23.0 Å². The van der Waals surface area contributed by atoms with Crippen LogP contribution < -0.4 is 10.6 Å². The summed E-state index contributed by atoms with van der Waals surface area (Å²) in [6.45, 7) is 6.11. The van der Waals surface area contributed by atoms with Gasteiger partial charge in [0.05, 0.1) is 5.69 Å². The van der Waals surface area contributed by atoms with Gasteiger partial charge < -0.3 is 10.6 Å². The fourth-order valence-electron chi connectivity index (χ4n) is 2.85. The number of halogens is 1. The Morgan fingerprint density at radius 2 is 2.26 bits per heavy atom. The average Bonchev–Trinajstić information content (AvgIpc) is 3.16. The highest BCUT2D eigenvalue weighted by Crippen LogP contribution is 2.22. The molecule has 0 saturated heterocycles. The second-order valence-electron chi connectivity index (χ2n) is 6.12. The van der Waals surface area contributed by atoms with Gasteiger partial charge >= 0.3 is 0 Å². The largest absolute Gasteiger partial charge is 0.386 e. The molecule has 23 heavy (non-hydrogen) atoms. The lowest BCUT2D eigenvalue weighted by Crippen LogP contribution is -2.20. The molecule has 2 atom stereocenters. The fraction of sp³-hybridized carbons (Fsp3) is 0.389. The van der Waals surface area contributed by atoms with Crippen LogP contribution in [0, 0.1) is 12.7 Å². The molecule has 0 fully saturated rings. The van der Waals surface area contributed by atoms with Gasteiger partial charge in [0, 0.05) is 36.6 Å². The topological polar surface area (TPSA) is 41.9 Å². The Bertz CT molecular complexity index is 720. The van der Waals surface area contributed by atoms with E-state index in [2.05, 4.69) is 22.7 Å². The minimum absolute atomic E-state index is 0.0570. The van der Waals surface area contributed by atoms with Gasteiger partial charge in [-0.15, -0.1) is 0 Å². The Hall–Kier alpha value is -2.30. The summed E-state index contributed by atoms with van der Waals surface area (Å²) in [6, 6.07) is 7.75. The maximum absolute atomic E-state index is 14.4. The molecule has 4 nitrogen and oxygen atoms in total. The van der Waals surface area contributed by atoms with E-state index in [1.165, 1.54) is 5.70 Å². The predicted molar refractivity (Wildman–Crippen MR) is 89.7 cm³/mol. The van der Waals surface area contributed by atoms with E-state index >= 15 is 0 Å². The molecule has 2 unspecified atom stereocenters. The van der Waals surface area contributed by atoms with Crippen molar-refractivity contribution in [2.24, 2.45) is 0 Å². The van der Waals surface area contributed by atoms with E-state index in [1.807, 2.05) is 32.2 Å². The standard InChI is InChI=1S/C18H23FN4/c1-4-15-10-16(11-20-15)21-13(3)14-5-6-18(17(19)9-14)23-8-7-12(2)22-23/h5-9,11,13,15,20-21H,4,10H2,1-3H3. The molecule has 1 aromatic heterocycles. The molecule has 122 valence electrons. The van der Waals surface area contributed by atoms with Crippen molar-refractivity contribution in [1.29, 1.82) is 0 Å². The molecule has 1 aliphatic rings. The van der Waals surface area contributed by atoms with Crippen molar-refractivity contribution in [3.05, 3.63) is 59.4 Å². The normalized spacial score (nSPS) is 18.4. The van der Waals surface area contributed by atoms with E-state index in [0.717, 1.165) is 24.1 Å². The number of nitrogens with zero attached hydrogens (tertiary/aromatic N) is 2. The number of aryl methyl sites for hydroxylation is 1. The Labute approximate surface area is 136 Å². The van der Waals surface area contributed by atoms with Gasteiger partial charge in [0.15, 0.2) is 0 Å². The summed E-state index contributed by atoms with van der Waals surface area (Å²) in [7, 11) is 0. The highest BCUT2D eigenvalue weighted by molar-refractivity contribution is 5.37. The van der Waals surface area contributed by atoms with Crippen molar-refractivity contribution < 1.29 is 4.39 Å². The zero-order valence-corrected chi connectivity index (χ0v) is 13.8. The number of rotatable bonds is 5. The van der Waals surface area contributed by atoms with Crippen LogP contribution in [-0.2, 0) is 0 Å². The molecule has 0 radical (unpaired) electrons. The summed E-state index contributed by atoms with van der Waals surface area (Å²) >= 11 is 0. The highest BCUT2D eigenvalue weighted by Gasteiger charge is 2.17. The van der Waals surface area contributed by atoms with Gasteiger partial charge in [0.25, 0.3) is 0 Å². The Kier molecular flexibility index (Phi) is 4.37. The second-order valence-corrected chi connectivity index (χ2v) is 6.12. The highest BCUT2D eigenvalue weighted by atomic mass is 19.1. The Morgan fingerprint density at radius 3 is 2.87 bits per heavy atom. The van der Waals surface area contributed by atoms with Gasteiger partial charge in [-0.2, -0.15) is 5.10 Å². The summed E-state index contributed by atoms with van der Waals surface area (Å²) in [5.74, 6) is -0.260. The summed E-state index contributed by atoms with van der Waals surface area (Å²) in [5, 5.41) is 11.1. The van der Waals surface area contributed by atoms with Crippen molar-refractivity contribution in [1.82, 2.24) is 20.4 Å². The molecule has 3 rings (SSSR count). The minimum Gasteiger partial charge on any atom is -0.386 e. The summed E-state index contributed by atoms with van der Waals surface area (Å²) in [5.41, 5.74) is 3.45. The van der Waals surface area contributed by atoms with Crippen LogP contribution in [0.2, 0.25) is 0 Å². The fourth-order valence-corrected chi connectivity index (χ4v) is 2.85. The molecule has 0 amide bonds. The monoisotopic (exact) mass is 314 g/mol. The predicted octanol–water partition coefficient (Wildman–Crippen LogP) is 3.58. The van der Waals surface area contributed by atoms with Crippen molar-refractivity contribution >= 4 is 0 Å². The lowest BCUT2D eigenvalue weighted by atomic mass is 10.1. The third-order valence-corrected chi connectivity index (χ3v) is 4.30. The van der Waals surface area contributed by atoms with Crippen LogP contribution in [0.15, 0.2) is 42.4 Å². The van der Waals surface area contributed by atoms with Crippen LogP contribution in [0.1, 0.15) is 44.0 Å². The van der Waals surface area contributed by atoms with E-state index in [9.17, 15) is 4.39 Å². The van der Waals surface area contributed by atoms with Crippen molar-refractivity contribution in [3.63, 3.8) is 0 Å². The first kappa shape index (κ1) is 15.6. The first-order chi connectivity index (χ1) is 11.1. The third-order valence-electron chi connectivity index (χ3n) is 4.30. The van der Waals surface area contributed by atoms with Crippen LogP contribution in [0.4, 0.5) is 4.39 Å². The molecule has 2 heterocycles. The summed E-state index contributed by atoms with van der Waals surface area (Å²) < 4.78 is 16.0. The molecule has 5 heteroatoms. The second kappa shape index (κ2) is 6.44. The number of hydrogen-bond donors (Lipinski definition) is 2. The van der Waals surface area contributed by atoms with Gasteiger partial charge in [-0.05, 0) is 44.0 Å². The van der Waals surface area contributed by atoms with Gasteiger partial charge in [-0.1, -0.05) is 13.0 Å². The van der Waals surface area contributed by atoms with Crippen molar-refractivity contribution in [3.8, 4) is 5.69 Å². The lowest BCUT2D eigenvalue weighted by molar-refractivity contribution is 0.566. The summed E-state index contributed by atoms with van der Waals surface area (Å²) in [6.07, 6.45) is 5.90. The molecule has 0 saturated carbocycles. The number of benzene rings is 1. The van der Waals surface area contributed by atoms with Crippen molar-refractivity contribution in [2.45, 2.75) is 45.7 Å². The van der Waals surface area contributed by atoms with Crippen LogP contribution in [0.5, 0.6) is 0 Å². The molecule has 1 aliphatic heterocycles. The Morgan fingerprint density at radius 1 is 1.43 bits per heavy atom. The SMILES string of the molecule is CCC1CC(NC(C)c2ccc(-n3ccc(C)n3)c(F)c2)=CN1. The molecule has 2 aromatic rings. The molecule has 1 aromatic carbocycles. The van der Waals surface area contributed by atoms with E-state index in [-0.39, 0.29) is 11.9 Å². The zero-order chi connectivity index (χ0) is 16.4. The van der Waals surface area contributed by atoms with Crippen LogP contribution >= 0.6 is 0 Å². The van der Waals surface area contributed by atoms with Gasteiger partial charge in [0.1, 0.15) is 11.5 Å². The molecular formula is C18H23FN4. The van der Waals surface area contributed by atoms with Gasteiger partial charge in [-0.25, -0.2) is 9.07 Å². The molecule has 0 aliphatic carbocycles. The third kappa shape index (κ3) is 3.38. The van der Waals surface area contributed by atoms with Crippen LogP contribution in [0.25, 0.3) is 5.69 Å². The van der Waals surface area contributed by atoms with E-state index in [4.69, 9.17) is 0 Å². The number of aromatic nitrogens is 2. The van der Waals surface area contributed by atoms with Crippen LogP contribution in [-0.4, -0.2) is 15.8 Å². The molecule has 0 spiro atoms. The zero-order valence-electron chi connectivity index (χ0n) is 13.8. The maximum atomic E-state index is 14.4. The smallest absolute Gasteiger partial charge is 0.149 e. The first-order valence-corrected chi connectivity index (χ1v) is 8.10. The number of hydrogen-bond acceptors (Lipinski definition) is 3. The lowest BCUT2D eigenvalue weighted by Gasteiger charge is -2.17. The van der Waals surface area contributed by atoms with Crippen LogP contribution in [0.3, 0.4) is 0 Å². The first-order valence-electron chi connectivity index (χ1n) is 8.10. The quantitative estimate of drug-likeness (QED) is 0.886. The van der Waals surface area contributed by atoms with E-state index in [0.29, 0.717) is 11.7 Å². The van der Waals surface area contributed by atoms with Crippen molar-refractivity contribution in [2.75, 3.05) is 0 Å². The summed E-state index contributed by atoms with van der Waals surface area (Å²) in [4.78, 5) is 0. The van der Waals surface area contributed by atoms with Gasteiger partial charge in [0.2, 0.25) is 0 Å². The molecule has 0 bridgehead atoms.